The first-order valence-corrected chi connectivity index (χ1v) is 9.05. The third-order valence-corrected chi connectivity index (χ3v) is 6.82. The second-order valence-corrected chi connectivity index (χ2v) is 7.91. The first kappa shape index (κ1) is 15.7. The fraction of sp³-hybridized carbons (Fsp3) is 0.600. The standard InChI is InChI=1S/C20H25NO3/c1-12(22)24-14-4-6-15-13(11-14)3-5-17-16(15)9-10-20(2)18(17)7-8-19(20)21-23/h4,6,11,16-18,23H,3,5,7-10H2,1-2H3/b21-19-/t16-,17-,18+,20+/m1/s1. The van der Waals surface area contributed by atoms with Gasteiger partial charge in [0, 0.05) is 12.3 Å². The third kappa shape index (κ3) is 2.27. The predicted octanol–water partition coefficient (Wildman–Crippen LogP) is 4.30. The molecule has 1 N–H and O–H groups in total. The molecule has 0 saturated heterocycles. The van der Waals surface area contributed by atoms with Gasteiger partial charge in [-0.05, 0) is 79.5 Å². The monoisotopic (exact) mass is 327 g/mol. The number of carbonyl (C=O) groups excluding carboxylic acids is 1. The molecule has 0 bridgehead atoms. The van der Waals surface area contributed by atoms with E-state index < -0.39 is 0 Å². The summed E-state index contributed by atoms with van der Waals surface area (Å²) in [6.07, 6.45) is 6.57. The topological polar surface area (TPSA) is 58.9 Å². The molecule has 2 fully saturated rings. The minimum atomic E-state index is -0.265. The lowest BCUT2D eigenvalue weighted by Crippen LogP contribution is -2.42. The van der Waals surface area contributed by atoms with Crippen LogP contribution in [-0.4, -0.2) is 16.9 Å². The highest BCUT2D eigenvalue weighted by Gasteiger charge is 2.53. The Morgan fingerprint density at radius 1 is 1.29 bits per heavy atom. The van der Waals surface area contributed by atoms with Crippen molar-refractivity contribution in [3.8, 4) is 5.75 Å². The SMILES string of the molecule is CC(=O)Oc1ccc2c(c1)CC[C@@H]1[C@@H]2CC[C@]2(C)/C(=N\O)CC[C@@H]12. The average Bonchev–Trinajstić information content (AvgIpc) is 2.90. The van der Waals surface area contributed by atoms with Crippen LogP contribution in [-0.2, 0) is 11.2 Å². The highest BCUT2D eigenvalue weighted by molar-refractivity contribution is 5.92. The van der Waals surface area contributed by atoms with E-state index in [2.05, 4.69) is 24.2 Å². The van der Waals surface area contributed by atoms with E-state index in [9.17, 15) is 10.0 Å². The van der Waals surface area contributed by atoms with Gasteiger partial charge >= 0.3 is 5.97 Å². The van der Waals surface area contributed by atoms with Crippen molar-refractivity contribution in [2.75, 3.05) is 0 Å². The summed E-state index contributed by atoms with van der Waals surface area (Å²) in [5, 5.41) is 13.0. The number of hydrogen-bond donors (Lipinski definition) is 1. The van der Waals surface area contributed by atoms with E-state index in [4.69, 9.17) is 4.74 Å². The molecule has 0 amide bonds. The Morgan fingerprint density at radius 2 is 2.12 bits per heavy atom. The van der Waals surface area contributed by atoms with Gasteiger partial charge in [0.05, 0.1) is 5.71 Å². The maximum absolute atomic E-state index is 11.2. The normalized spacial score (nSPS) is 35.9. The summed E-state index contributed by atoms with van der Waals surface area (Å²) in [7, 11) is 0. The number of hydrogen-bond acceptors (Lipinski definition) is 4. The lowest BCUT2D eigenvalue weighted by Gasteiger charge is -2.48. The van der Waals surface area contributed by atoms with E-state index in [-0.39, 0.29) is 11.4 Å². The molecule has 1 aromatic carbocycles. The van der Waals surface area contributed by atoms with Crippen LogP contribution in [0.15, 0.2) is 23.4 Å². The van der Waals surface area contributed by atoms with Gasteiger partial charge in [0.25, 0.3) is 0 Å². The molecule has 4 rings (SSSR count). The Labute approximate surface area is 142 Å². The van der Waals surface area contributed by atoms with Gasteiger partial charge in [0.2, 0.25) is 0 Å². The van der Waals surface area contributed by atoms with E-state index in [1.54, 1.807) is 0 Å². The first-order chi connectivity index (χ1) is 11.5. The molecule has 0 radical (unpaired) electrons. The lowest BCUT2D eigenvalue weighted by atomic mass is 9.55. The third-order valence-electron chi connectivity index (χ3n) is 6.82. The summed E-state index contributed by atoms with van der Waals surface area (Å²) in [4.78, 5) is 11.2. The molecule has 0 heterocycles. The zero-order valence-corrected chi connectivity index (χ0v) is 14.4. The zero-order chi connectivity index (χ0) is 16.9. The van der Waals surface area contributed by atoms with Crippen molar-refractivity contribution in [3.63, 3.8) is 0 Å². The van der Waals surface area contributed by atoms with Crippen LogP contribution in [0.25, 0.3) is 0 Å². The molecule has 0 unspecified atom stereocenters. The highest BCUT2D eigenvalue weighted by atomic mass is 16.5. The van der Waals surface area contributed by atoms with E-state index >= 15 is 0 Å². The maximum atomic E-state index is 11.2. The van der Waals surface area contributed by atoms with Gasteiger partial charge in [0.15, 0.2) is 0 Å². The Morgan fingerprint density at radius 3 is 2.88 bits per heavy atom. The molecule has 1 aromatic rings. The van der Waals surface area contributed by atoms with Gasteiger partial charge in [-0.1, -0.05) is 18.1 Å². The van der Waals surface area contributed by atoms with Crippen LogP contribution in [0.5, 0.6) is 5.75 Å². The number of nitrogens with zero attached hydrogens (tertiary/aromatic N) is 1. The number of rotatable bonds is 1. The van der Waals surface area contributed by atoms with Gasteiger partial charge in [-0.15, -0.1) is 0 Å². The van der Waals surface area contributed by atoms with Crippen LogP contribution < -0.4 is 4.74 Å². The smallest absolute Gasteiger partial charge is 0.308 e. The molecule has 2 saturated carbocycles. The van der Waals surface area contributed by atoms with Gasteiger partial charge in [-0.3, -0.25) is 4.79 Å². The van der Waals surface area contributed by atoms with Crippen molar-refractivity contribution in [3.05, 3.63) is 29.3 Å². The van der Waals surface area contributed by atoms with Crippen LogP contribution in [0.2, 0.25) is 0 Å². The molecular formula is C20H25NO3. The van der Waals surface area contributed by atoms with Crippen LogP contribution in [0.1, 0.15) is 63.0 Å². The summed E-state index contributed by atoms with van der Waals surface area (Å²) < 4.78 is 5.25. The number of esters is 1. The summed E-state index contributed by atoms with van der Waals surface area (Å²) >= 11 is 0. The second-order valence-electron chi connectivity index (χ2n) is 7.91. The lowest BCUT2D eigenvalue weighted by molar-refractivity contribution is -0.131. The Balaban J connectivity index is 1.64. The average molecular weight is 327 g/mol. The van der Waals surface area contributed by atoms with E-state index in [1.165, 1.54) is 24.5 Å². The molecule has 4 nitrogen and oxygen atoms in total. The Hall–Kier alpha value is -1.84. The molecule has 3 aliphatic carbocycles. The molecule has 0 aliphatic heterocycles. The Kier molecular flexibility index (Phi) is 3.66. The molecule has 0 spiro atoms. The molecule has 24 heavy (non-hydrogen) atoms. The predicted molar refractivity (Wildman–Crippen MR) is 91.6 cm³/mol. The summed E-state index contributed by atoms with van der Waals surface area (Å²) in [5.74, 6) is 2.30. The maximum Gasteiger partial charge on any atom is 0.308 e. The number of benzene rings is 1. The molecule has 128 valence electrons. The minimum absolute atomic E-state index is 0.0884. The van der Waals surface area contributed by atoms with Crippen molar-refractivity contribution in [1.29, 1.82) is 0 Å². The number of carbonyl (C=O) groups is 1. The number of aryl methyl sites for hydroxylation is 1. The van der Waals surface area contributed by atoms with E-state index in [0.717, 1.165) is 37.8 Å². The molecule has 0 aromatic heterocycles. The van der Waals surface area contributed by atoms with Gasteiger partial charge in [-0.25, -0.2) is 0 Å². The summed E-state index contributed by atoms with van der Waals surface area (Å²) in [6.45, 7) is 3.74. The van der Waals surface area contributed by atoms with Gasteiger partial charge in [0.1, 0.15) is 5.75 Å². The molecular weight excluding hydrogens is 302 g/mol. The fourth-order valence-corrected chi connectivity index (χ4v) is 5.74. The Bertz CT molecular complexity index is 711. The van der Waals surface area contributed by atoms with Crippen molar-refractivity contribution in [1.82, 2.24) is 0 Å². The van der Waals surface area contributed by atoms with E-state index in [1.807, 2.05) is 6.07 Å². The minimum Gasteiger partial charge on any atom is -0.427 e. The van der Waals surface area contributed by atoms with Gasteiger partial charge < -0.3 is 9.94 Å². The number of oxime groups is 1. The van der Waals surface area contributed by atoms with Crippen molar-refractivity contribution >= 4 is 11.7 Å². The van der Waals surface area contributed by atoms with Crippen molar-refractivity contribution < 1.29 is 14.7 Å². The van der Waals surface area contributed by atoms with Crippen molar-refractivity contribution in [2.24, 2.45) is 22.4 Å². The van der Waals surface area contributed by atoms with Crippen LogP contribution in [0.4, 0.5) is 0 Å². The number of fused-ring (bicyclic) bond motifs is 5. The van der Waals surface area contributed by atoms with E-state index in [0.29, 0.717) is 23.5 Å². The van der Waals surface area contributed by atoms with Crippen LogP contribution >= 0.6 is 0 Å². The quantitative estimate of drug-likeness (QED) is 0.362. The second kappa shape index (κ2) is 5.61. The van der Waals surface area contributed by atoms with Crippen LogP contribution in [0, 0.1) is 17.3 Å². The first-order valence-electron chi connectivity index (χ1n) is 9.05. The molecule has 4 heteroatoms. The highest BCUT2D eigenvalue weighted by Crippen LogP contribution is 2.59. The zero-order valence-electron chi connectivity index (χ0n) is 14.4. The molecule has 3 aliphatic rings. The molecule has 4 atom stereocenters. The van der Waals surface area contributed by atoms with Gasteiger partial charge in [-0.2, -0.15) is 0 Å². The van der Waals surface area contributed by atoms with Crippen LogP contribution in [0.3, 0.4) is 0 Å². The largest absolute Gasteiger partial charge is 0.427 e. The summed E-state index contributed by atoms with van der Waals surface area (Å²) in [6, 6.07) is 6.16. The fourth-order valence-electron chi connectivity index (χ4n) is 5.74. The van der Waals surface area contributed by atoms with Crippen molar-refractivity contribution in [2.45, 2.75) is 58.3 Å². The number of ether oxygens (including phenoxy) is 1. The summed E-state index contributed by atoms with van der Waals surface area (Å²) in [5.41, 5.74) is 3.89.